The summed E-state index contributed by atoms with van der Waals surface area (Å²) < 4.78 is 7.12. The van der Waals surface area contributed by atoms with E-state index in [2.05, 4.69) is 20.6 Å². The molecule has 0 radical (unpaired) electrons. The Balaban J connectivity index is 2.17. The lowest BCUT2D eigenvalue weighted by Crippen LogP contribution is -2.47. The Labute approximate surface area is 110 Å². The van der Waals surface area contributed by atoms with Crippen LogP contribution in [0, 0.1) is 0 Å². The van der Waals surface area contributed by atoms with E-state index in [0.717, 1.165) is 23.1 Å². The minimum atomic E-state index is -0.378. The highest BCUT2D eigenvalue weighted by Crippen LogP contribution is 2.29. The van der Waals surface area contributed by atoms with E-state index >= 15 is 0 Å². The molecule has 0 aromatic carbocycles. The minimum absolute atomic E-state index is 0.0312. The van der Waals surface area contributed by atoms with Crippen LogP contribution >= 0.6 is 0 Å². The number of rotatable bonds is 2. The zero-order valence-corrected chi connectivity index (χ0v) is 10.8. The molecule has 1 aliphatic rings. The van der Waals surface area contributed by atoms with Crippen LogP contribution in [-0.2, 0) is 11.8 Å². The molecule has 19 heavy (non-hydrogen) atoms. The maximum absolute atomic E-state index is 11.9. The first-order chi connectivity index (χ1) is 9.22. The van der Waals surface area contributed by atoms with Crippen molar-refractivity contribution >= 4 is 16.9 Å². The van der Waals surface area contributed by atoms with Crippen molar-refractivity contribution in [3.63, 3.8) is 0 Å². The Morgan fingerprint density at radius 3 is 3.00 bits per heavy atom. The molecular formula is C12H15N5O2. The Hall–Kier alpha value is -2.15. The van der Waals surface area contributed by atoms with E-state index in [-0.39, 0.29) is 11.9 Å². The Morgan fingerprint density at radius 1 is 1.42 bits per heavy atom. The predicted molar refractivity (Wildman–Crippen MR) is 68.8 cm³/mol. The molecule has 2 aromatic heterocycles. The third-order valence-corrected chi connectivity index (χ3v) is 3.29. The van der Waals surface area contributed by atoms with Crippen molar-refractivity contribution in [1.29, 1.82) is 0 Å². The smallest absolute Gasteiger partial charge is 0.241 e. The molecule has 100 valence electrons. The van der Waals surface area contributed by atoms with E-state index in [1.54, 1.807) is 7.11 Å². The van der Waals surface area contributed by atoms with Crippen LogP contribution < -0.4 is 15.4 Å². The molecule has 0 spiro atoms. The van der Waals surface area contributed by atoms with Gasteiger partial charge in [0, 0.05) is 31.9 Å². The summed E-state index contributed by atoms with van der Waals surface area (Å²) in [7, 11) is 3.46. The molecular weight excluding hydrogens is 246 g/mol. The number of carbonyl (C=O) groups is 1. The fourth-order valence-electron chi connectivity index (χ4n) is 2.43. The molecule has 0 saturated carbocycles. The second-order valence-electron chi connectivity index (χ2n) is 4.45. The molecule has 1 fully saturated rings. The molecule has 1 aliphatic heterocycles. The van der Waals surface area contributed by atoms with Gasteiger partial charge in [-0.3, -0.25) is 4.79 Å². The van der Waals surface area contributed by atoms with Crippen molar-refractivity contribution in [3.05, 3.63) is 18.1 Å². The van der Waals surface area contributed by atoms with E-state index in [9.17, 15) is 4.79 Å². The molecule has 1 unspecified atom stereocenters. The van der Waals surface area contributed by atoms with Crippen LogP contribution in [0.5, 0.6) is 5.88 Å². The van der Waals surface area contributed by atoms with E-state index < -0.39 is 0 Å². The summed E-state index contributed by atoms with van der Waals surface area (Å²) >= 11 is 0. The summed E-state index contributed by atoms with van der Waals surface area (Å²) in [5, 5.41) is 6.05. The van der Waals surface area contributed by atoms with Gasteiger partial charge in [0.1, 0.15) is 23.4 Å². The molecule has 2 N–H and O–H groups in total. The van der Waals surface area contributed by atoms with Gasteiger partial charge in [-0.05, 0) is 0 Å². The molecule has 7 nitrogen and oxygen atoms in total. The summed E-state index contributed by atoms with van der Waals surface area (Å²) in [6.45, 7) is 1.40. The van der Waals surface area contributed by atoms with E-state index in [0.29, 0.717) is 12.4 Å². The number of methoxy groups -OCH3 is 1. The average molecular weight is 261 g/mol. The minimum Gasteiger partial charge on any atom is -0.479 e. The zero-order chi connectivity index (χ0) is 13.4. The maximum atomic E-state index is 11.9. The number of ether oxygens (including phenoxy) is 1. The fourth-order valence-corrected chi connectivity index (χ4v) is 2.43. The van der Waals surface area contributed by atoms with Gasteiger partial charge in [-0.2, -0.15) is 4.98 Å². The first kappa shape index (κ1) is 11.9. The molecule has 2 aromatic rings. The standard InChI is InChI=1S/C12H15N5O2/c1-17-5-7(9-11(18)14-4-3-13-9)8-10(17)12(19-2)16-6-15-8/h5-6,9,13H,3-4H2,1-2H3,(H,14,18). The van der Waals surface area contributed by atoms with Gasteiger partial charge in [-0.1, -0.05) is 0 Å². The van der Waals surface area contributed by atoms with Crippen molar-refractivity contribution in [3.8, 4) is 5.88 Å². The van der Waals surface area contributed by atoms with E-state index in [1.165, 1.54) is 6.33 Å². The Morgan fingerprint density at radius 2 is 2.26 bits per heavy atom. The second-order valence-corrected chi connectivity index (χ2v) is 4.45. The molecule has 0 aliphatic carbocycles. The summed E-state index contributed by atoms with van der Waals surface area (Å²) in [6, 6.07) is -0.378. The van der Waals surface area contributed by atoms with Gasteiger partial charge in [0.2, 0.25) is 11.8 Å². The van der Waals surface area contributed by atoms with E-state index in [1.807, 2.05) is 17.8 Å². The number of hydrogen-bond acceptors (Lipinski definition) is 5. The predicted octanol–water partition coefficient (Wildman–Crippen LogP) is -0.263. The van der Waals surface area contributed by atoms with Crippen molar-refractivity contribution < 1.29 is 9.53 Å². The third-order valence-electron chi connectivity index (χ3n) is 3.29. The zero-order valence-electron chi connectivity index (χ0n) is 10.8. The second kappa shape index (κ2) is 4.51. The monoisotopic (exact) mass is 261 g/mol. The number of amides is 1. The summed E-state index contributed by atoms with van der Waals surface area (Å²) in [4.78, 5) is 20.3. The highest BCUT2D eigenvalue weighted by atomic mass is 16.5. The van der Waals surface area contributed by atoms with Gasteiger partial charge in [0.05, 0.1) is 7.11 Å². The number of hydrogen-bond donors (Lipinski definition) is 2. The average Bonchev–Trinajstić information content (AvgIpc) is 2.77. The number of carbonyl (C=O) groups excluding carboxylic acids is 1. The van der Waals surface area contributed by atoms with E-state index in [4.69, 9.17) is 4.74 Å². The highest BCUT2D eigenvalue weighted by Gasteiger charge is 2.28. The van der Waals surface area contributed by atoms with Crippen molar-refractivity contribution in [2.45, 2.75) is 6.04 Å². The molecule has 1 atom stereocenters. The van der Waals surface area contributed by atoms with Gasteiger partial charge in [-0.25, -0.2) is 4.98 Å². The first-order valence-corrected chi connectivity index (χ1v) is 6.07. The molecule has 1 amide bonds. The fraction of sp³-hybridized carbons (Fsp3) is 0.417. The quantitative estimate of drug-likeness (QED) is 0.778. The third kappa shape index (κ3) is 1.82. The van der Waals surface area contributed by atoms with Gasteiger partial charge < -0.3 is 19.9 Å². The van der Waals surface area contributed by atoms with Crippen LogP contribution in [0.15, 0.2) is 12.5 Å². The van der Waals surface area contributed by atoms with Crippen LogP contribution in [0.2, 0.25) is 0 Å². The molecule has 3 heterocycles. The molecule has 1 saturated heterocycles. The molecule has 3 rings (SSSR count). The Kier molecular flexibility index (Phi) is 2.83. The summed E-state index contributed by atoms with van der Waals surface area (Å²) in [6.07, 6.45) is 3.34. The number of fused-ring (bicyclic) bond motifs is 1. The molecule has 7 heteroatoms. The van der Waals surface area contributed by atoms with Crippen LogP contribution in [0.3, 0.4) is 0 Å². The number of piperazine rings is 1. The lowest BCUT2D eigenvalue weighted by atomic mass is 10.1. The SMILES string of the molecule is COc1ncnc2c(C3NCCNC3=O)cn(C)c12. The topological polar surface area (TPSA) is 81.1 Å². The van der Waals surface area contributed by atoms with Gasteiger partial charge >= 0.3 is 0 Å². The van der Waals surface area contributed by atoms with Gasteiger partial charge in [0.15, 0.2) is 0 Å². The van der Waals surface area contributed by atoms with Gasteiger partial charge in [0.25, 0.3) is 0 Å². The van der Waals surface area contributed by atoms with Crippen molar-refractivity contribution in [2.24, 2.45) is 7.05 Å². The number of aryl methyl sites for hydroxylation is 1. The summed E-state index contributed by atoms with van der Waals surface area (Å²) in [5.41, 5.74) is 2.37. The van der Waals surface area contributed by atoms with Crippen LogP contribution in [0.1, 0.15) is 11.6 Å². The highest BCUT2D eigenvalue weighted by molar-refractivity contribution is 5.92. The lowest BCUT2D eigenvalue weighted by Gasteiger charge is -2.22. The first-order valence-electron chi connectivity index (χ1n) is 6.07. The summed E-state index contributed by atoms with van der Waals surface area (Å²) in [5.74, 6) is 0.478. The normalized spacial score (nSPS) is 19.5. The number of aromatic nitrogens is 3. The van der Waals surface area contributed by atoms with Crippen molar-refractivity contribution in [2.75, 3.05) is 20.2 Å². The van der Waals surface area contributed by atoms with Crippen LogP contribution in [-0.4, -0.2) is 40.6 Å². The molecule has 0 bridgehead atoms. The van der Waals surface area contributed by atoms with Crippen LogP contribution in [0.4, 0.5) is 0 Å². The number of nitrogens with zero attached hydrogens (tertiary/aromatic N) is 3. The lowest BCUT2D eigenvalue weighted by molar-refractivity contribution is -0.124. The van der Waals surface area contributed by atoms with Crippen molar-refractivity contribution in [1.82, 2.24) is 25.2 Å². The maximum Gasteiger partial charge on any atom is 0.241 e. The van der Waals surface area contributed by atoms with Gasteiger partial charge in [-0.15, -0.1) is 0 Å². The van der Waals surface area contributed by atoms with Crippen LogP contribution in [0.25, 0.3) is 11.0 Å². The Bertz CT molecular complexity index is 636. The largest absolute Gasteiger partial charge is 0.479 e. The number of nitrogens with one attached hydrogen (secondary N) is 2.